The third-order valence-electron chi connectivity index (χ3n) is 4.54. The number of esters is 1. The maximum atomic E-state index is 12.7. The molecule has 2 aromatic heterocycles. The summed E-state index contributed by atoms with van der Waals surface area (Å²) in [4.78, 5) is 13.9. The van der Waals surface area contributed by atoms with Crippen LogP contribution < -0.4 is 0 Å². The van der Waals surface area contributed by atoms with Gasteiger partial charge in [-0.3, -0.25) is 0 Å². The van der Waals surface area contributed by atoms with E-state index < -0.39 is 11.6 Å². The van der Waals surface area contributed by atoms with E-state index in [0.717, 1.165) is 0 Å². The molecule has 0 amide bonds. The number of hydrogen-bond acceptors (Lipinski definition) is 3. The smallest absolute Gasteiger partial charge is 0.340 e. The first-order chi connectivity index (χ1) is 13.6. The van der Waals surface area contributed by atoms with Crippen LogP contribution in [0.15, 0.2) is 82.8 Å². The Morgan fingerprint density at radius 3 is 2.54 bits per heavy atom. The third-order valence-corrected chi connectivity index (χ3v) is 6.57. The summed E-state index contributed by atoms with van der Waals surface area (Å²) in [6.07, 6.45) is 1.54. The second-order valence-corrected chi connectivity index (χ2v) is 8.34. The SMILES string of the molecule is CC#CC(C)(OC(=O)c1ccc(-[s+]2ccc3ccccc32)cc1)c1ccco1. The van der Waals surface area contributed by atoms with Gasteiger partial charge in [-0.15, -0.1) is 5.92 Å². The van der Waals surface area contributed by atoms with E-state index in [0.29, 0.717) is 11.3 Å². The van der Waals surface area contributed by atoms with E-state index in [9.17, 15) is 4.79 Å². The van der Waals surface area contributed by atoms with Gasteiger partial charge in [-0.2, -0.15) is 0 Å². The summed E-state index contributed by atoms with van der Waals surface area (Å²) >= 11 is 0. The Balaban J connectivity index is 1.60. The molecule has 2 aromatic carbocycles. The highest BCUT2D eigenvalue weighted by Gasteiger charge is 2.32. The lowest BCUT2D eigenvalue weighted by atomic mass is 10.0. The molecule has 28 heavy (non-hydrogen) atoms. The molecule has 4 rings (SSSR count). The van der Waals surface area contributed by atoms with Gasteiger partial charge in [0.05, 0.1) is 11.8 Å². The molecule has 0 aliphatic carbocycles. The summed E-state index contributed by atoms with van der Waals surface area (Å²) in [6.45, 7) is 3.44. The van der Waals surface area contributed by atoms with E-state index >= 15 is 0 Å². The van der Waals surface area contributed by atoms with Crippen LogP contribution in [0.5, 0.6) is 0 Å². The van der Waals surface area contributed by atoms with Crippen LogP contribution in [0.25, 0.3) is 15.0 Å². The van der Waals surface area contributed by atoms with Crippen molar-refractivity contribution in [2.75, 3.05) is 0 Å². The first-order valence-corrected chi connectivity index (χ1v) is 10.2. The predicted molar refractivity (Wildman–Crippen MR) is 113 cm³/mol. The quantitative estimate of drug-likeness (QED) is 0.235. The minimum Gasteiger partial charge on any atom is -0.464 e. The molecule has 0 fully saturated rings. The lowest BCUT2D eigenvalue weighted by molar-refractivity contribution is 0.00525. The molecule has 0 bridgehead atoms. The fourth-order valence-electron chi connectivity index (χ4n) is 3.15. The Morgan fingerprint density at radius 1 is 1.04 bits per heavy atom. The van der Waals surface area contributed by atoms with E-state index in [-0.39, 0.29) is 10.5 Å². The number of hydrogen-bond donors (Lipinski definition) is 0. The number of furan rings is 1. The van der Waals surface area contributed by atoms with Crippen LogP contribution >= 0.6 is 10.5 Å². The van der Waals surface area contributed by atoms with Crippen LogP contribution in [-0.4, -0.2) is 5.97 Å². The Labute approximate surface area is 166 Å². The van der Waals surface area contributed by atoms with Crippen molar-refractivity contribution >= 4 is 26.5 Å². The summed E-state index contributed by atoms with van der Waals surface area (Å²) in [5, 5.41) is 3.46. The average Bonchev–Trinajstić information content (AvgIpc) is 3.39. The third kappa shape index (κ3) is 3.33. The van der Waals surface area contributed by atoms with Gasteiger partial charge < -0.3 is 9.15 Å². The van der Waals surface area contributed by atoms with E-state index in [1.54, 1.807) is 44.4 Å². The average molecular weight is 387 g/mol. The Morgan fingerprint density at radius 2 is 1.82 bits per heavy atom. The Bertz CT molecular complexity index is 1170. The molecule has 0 aliphatic rings. The first kappa shape index (κ1) is 18.1. The second-order valence-electron chi connectivity index (χ2n) is 6.48. The number of fused-ring (bicyclic) bond motifs is 1. The zero-order valence-corrected chi connectivity index (χ0v) is 16.5. The molecule has 0 N–H and O–H groups in total. The molecule has 2 atom stereocenters. The van der Waals surface area contributed by atoms with E-state index in [4.69, 9.17) is 9.15 Å². The Hall–Kier alpha value is -3.29. The minimum atomic E-state index is -1.12. The van der Waals surface area contributed by atoms with Crippen LogP contribution in [-0.2, 0) is 10.3 Å². The second kappa shape index (κ2) is 7.38. The summed E-state index contributed by atoms with van der Waals surface area (Å²) < 4.78 is 12.4. The number of carbonyl (C=O) groups excluding carboxylic acids is 1. The van der Waals surface area contributed by atoms with Crippen molar-refractivity contribution in [1.29, 1.82) is 0 Å². The number of benzene rings is 2. The summed E-state index contributed by atoms with van der Waals surface area (Å²) in [5.41, 5.74) is -0.636. The van der Waals surface area contributed by atoms with Gasteiger partial charge in [-0.25, -0.2) is 4.79 Å². The Kier molecular flexibility index (Phi) is 4.77. The molecule has 2 unspecified atom stereocenters. The summed E-state index contributed by atoms with van der Waals surface area (Å²) in [6, 6.07) is 21.6. The van der Waals surface area contributed by atoms with Crippen LogP contribution in [0, 0.1) is 11.8 Å². The molecule has 0 saturated carbocycles. The molecule has 0 aliphatic heterocycles. The van der Waals surface area contributed by atoms with Gasteiger partial charge in [0, 0.05) is 21.9 Å². The van der Waals surface area contributed by atoms with Gasteiger partial charge in [0.2, 0.25) is 5.60 Å². The fraction of sp³-hybridized carbons (Fsp3) is 0.125. The van der Waals surface area contributed by atoms with Gasteiger partial charge in [-0.05, 0) is 68.3 Å². The number of rotatable bonds is 4. The first-order valence-electron chi connectivity index (χ1n) is 8.92. The zero-order valence-electron chi connectivity index (χ0n) is 15.6. The van der Waals surface area contributed by atoms with Gasteiger partial charge in [-0.1, -0.05) is 12.1 Å². The molecule has 4 heteroatoms. The number of ether oxygens (including phenoxy) is 1. The van der Waals surface area contributed by atoms with Crippen LogP contribution in [0.2, 0.25) is 0 Å². The molecular formula is C24H19O3S+. The molecule has 4 aromatic rings. The van der Waals surface area contributed by atoms with Crippen LogP contribution in [0.3, 0.4) is 0 Å². The largest absolute Gasteiger partial charge is 0.464 e. The topological polar surface area (TPSA) is 39.4 Å². The maximum absolute atomic E-state index is 12.7. The van der Waals surface area contributed by atoms with E-state index in [1.807, 2.05) is 18.2 Å². The monoisotopic (exact) mass is 387 g/mol. The van der Waals surface area contributed by atoms with Crippen molar-refractivity contribution < 1.29 is 13.9 Å². The van der Waals surface area contributed by atoms with E-state index in [2.05, 4.69) is 41.5 Å². The maximum Gasteiger partial charge on any atom is 0.340 e. The van der Waals surface area contributed by atoms with Crippen molar-refractivity contribution in [3.63, 3.8) is 0 Å². The zero-order chi connectivity index (χ0) is 19.6. The van der Waals surface area contributed by atoms with Crippen molar-refractivity contribution in [3.8, 4) is 16.7 Å². The molecule has 0 radical (unpaired) electrons. The number of thiophene rings is 1. The lowest BCUT2D eigenvalue weighted by Gasteiger charge is -2.21. The highest BCUT2D eigenvalue weighted by Crippen LogP contribution is 2.39. The van der Waals surface area contributed by atoms with Crippen molar-refractivity contribution in [3.05, 3.63) is 89.7 Å². The van der Waals surface area contributed by atoms with Gasteiger partial charge >= 0.3 is 5.97 Å². The van der Waals surface area contributed by atoms with Gasteiger partial charge in [0.1, 0.15) is 5.38 Å². The summed E-state index contributed by atoms with van der Waals surface area (Å²) in [5.74, 6) is 5.82. The predicted octanol–water partition coefficient (Wildman–Crippen LogP) is 6.27. The molecule has 2 heterocycles. The highest BCUT2D eigenvalue weighted by atomic mass is 32.2. The fourth-order valence-corrected chi connectivity index (χ4v) is 5.03. The lowest BCUT2D eigenvalue weighted by Crippen LogP contribution is -2.27. The van der Waals surface area contributed by atoms with Crippen molar-refractivity contribution in [1.82, 2.24) is 0 Å². The molecular weight excluding hydrogens is 368 g/mol. The minimum absolute atomic E-state index is 0.103. The standard InChI is InChI=1S/C24H19O3S/c1-3-15-24(2,22-9-6-16-26-22)27-23(25)19-10-12-20(13-11-19)28-17-14-18-7-4-5-8-21(18)28/h4-14,16-17H,1-2H3/q+1. The van der Waals surface area contributed by atoms with Crippen molar-refractivity contribution in [2.24, 2.45) is 0 Å². The normalized spacial score (nSPS) is 13.4. The van der Waals surface area contributed by atoms with Crippen LogP contribution in [0.4, 0.5) is 0 Å². The molecule has 138 valence electrons. The number of carbonyl (C=O) groups is 1. The van der Waals surface area contributed by atoms with Gasteiger partial charge in [0.15, 0.2) is 15.4 Å². The molecule has 0 spiro atoms. The van der Waals surface area contributed by atoms with Crippen molar-refractivity contribution in [2.45, 2.75) is 19.4 Å². The molecule has 3 nitrogen and oxygen atoms in total. The summed E-state index contributed by atoms with van der Waals surface area (Å²) in [7, 11) is -0.103. The van der Waals surface area contributed by atoms with Crippen LogP contribution in [0.1, 0.15) is 30.0 Å². The van der Waals surface area contributed by atoms with E-state index in [1.165, 1.54) is 15.0 Å². The highest BCUT2D eigenvalue weighted by molar-refractivity contribution is 7.43. The molecule has 0 saturated heterocycles. The van der Waals surface area contributed by atoms with Gasteiger partial charge in [0.25, 0.3) is 0 Å².